The highest BCUT2D eigenvalue weighted by Gasteiger charge is 2.33. The molecule has 2 aromatic heterocycles. The van der Waals surface area contributed by atoms with Crippen LogP contribution in [0.1, 0.15) is 35.5 Å². The Morgan fingerprint density at radius 1 is 1.14 bits per heavy atom. The van der Waals surface area contributed by atoms with Gasteiger partial charge in [-0.1, -0.05) is 30.3 Å². The molecular formula is C26H29N7O3. The Hall–Kier alpha value is -4.18. The molecule has 2 N–H and O–H groups in total. The highest BCUT2D eigenvalue weighted by molar-refractivity contribution is 6.00. The van der Waals surface area contributed by atoms with E-state index in [0.717, 1.165) is 46.0 Å². The Kier molecular flexibility index (Phi) is 6.43. The molecule has 0 fully saturated rings. The number of nitrogens with zero attached hydrogens (tertiary/aromatic N) is 5. The molecule has 1 atom stereocenters. The molecule has 0 radical (unpaired) electrons. The molecular weight excluding hydrogens is 458 g/mol. The fraction of sp³-hybridized carbons (Fsp3) is 0.308. The van der Waals surface area contributed by atoms with E-state index in [-0.39, 0.29) is 5.97 Å². The Labute approximate surface area is 209 Å². The van der Waals surface area contributed by atoms with Gasteiger partial charge in [-0.15, -0.1) is 5.10 Å². The van der Waals surface area contributed by atoms with E-state index >= 15 is 0 Å². The van der Waals surface area contributed by atoms with E-state index < -0.39 is 6.35 Å². The summed E-state index contributed by atoms with van der Waals surface area (Å²) in [5.74, 6) is 0.289. The van der Waals surface area contributed by atoms with Crippen molar-refractivity contribution in [1.82, 2.24) is 25.2 Å². The number of esters is 1. The second-order valence-electron chi connectivity index (χ2n) is 8.52. The molecule has 10 nitrogen and oxygen atoms in total. The molecule has 0 amide bonds. The maximum absolute atomic E-state index is 12.7. The van der Waals surface area contributed by atoms with Gasteiger partial charge in [0.25, 0.3) is 0 Å². The molecule has 1 aliphatic rings. The molecule has 0 spiro atoms. The number of carbonyl (C=O) groups is 1. The van der Waals surface area contributed by atoms with E-state index in [1.54, 1.807) is 20.1 Å². The van der Waals surface area contributed by atoms with Gasteiger partial charge in [0, 0.05) is 31.5 Å². The zero-order valence-electron chi connectivity index (χ0n) is 20.8. The van der Waals surface area contributed by atoms with E-state index in [1.165, 1.54) is 0 Å². The lowest BCUT2D eigenvalue weighted by Crippen LogP contribution is -2.37. The summed E-state index contributed by atoms with van der Waals surface area (Å²) in [4.78, 5) is 14.7. The third-order valence-electron chi connectivity index (χ3n) is 6.40. The van der Waals surface area contributed by atoms with Gasteiger partial charge in [-0.2, -0.15) is 0 Å². The van der Waals surface area contributed by atoms with Gasteiger partial charge >= 0.3 is 5.97 Å². The molecule has 0 saturated carbocycles. The summed E-state index contributed by atoms with van der Waals surface area (Å²) < 4.78 is 13.2. The maximum atomic E-state index is 12.7. The van der Waals surface area contributed by atoms with Crippen molar-refractivity contribution in [3.63, 3.8) is 0 Å². The van der Waals surface area contributed by atoms with Gasteiger partial charge in [0.15, 0.2) is 5.82 Å². The molecule has 1 aliphatic heterocycles. The number of nitrogens with one attached hydrogen (secondary N) is 2. The van der Waals surface area contributed by atoms with E-state index in [9.17, 15) is 4.79 Å². The molecule has 0 bridgehead atoms. The number of H-pyrrole nitrogens is 1. The molecule has 5 rings (SSSR count). The third kappa shape index (κ3) is 4.09. The molecule has 10 heteroatoms. The molecule has 36 heavy (non-hydrogen) atoms. The predicted molar refractivity (Wildman–Crippen MR) is 136 cm³/mol. The zero-order valence-corrected chi connectivity index (χ0v) is 20.8. The summed E-state index contributed by atoms with van der Waals surface area (Å²) in [6.45, 7) is 7.69. The predicted octanol–water partition coefficient (Wildman–Crippen LogP) is 4.20. The molecule has 3 heterocycles. The lowest BCUT2D eigenvalue weighted by atomic mass is 10.0. The number of anilines is 2. The molecule has 186 valence electrons. The van der Waals surface area contributed by atoms with Crippen LogP contribution >= 0.6 is 0 Å². The van der Waals surface area contributed by atoms with Crippen molar-refractivity contribution in [2.24, 2.45) is 0 Å². The molecule has 0 saturated heterocycles. The number of aryl methyl sites for hydroxylation is 1. The monoisotopic (exact) mass is 487 g/mol. The van der Waals surface area contributed by atoms with Gasteiger partial charge in [-0.25, -0.2) is 9.89 Å². The molecule has 1 unspecified atom stereocenters. The number of methoxy groups -OCH3 is 1. The van der Waals surface area contributed by atoms with E-state index in [1.807, 2.05) is 17.0 Å². The van der Waals surface area contributed by atoms with Crippen LogP contribution in [0.25, 0.3) is 22.6 Å². The number of tetrazole rings is 1. The van der Waals surface area contributed by atoms with Crippen LogP contribution in [0.4, 0.5) is 11.4 Å². The fourth-order valence-electron chi connectivity index (χ4n) is 4.83. The van der Waals surface area contributed by atoms with Crippen molar-refractivity contribution in [3.05, 3.63) is 65.4 Å². The second kappa shape index (κ2) is 9.82. The number of hydrogen-bond acceptors (Lipinski definition) is 8. The summed E-state index contributed by atoms with van der Waals surface area (Å²) in [7, 11) is 1.64. The number of benzene rings is 2. The third-order valence-corrected chi connectivity index (χ3v) is 6.40. The van der Waals surface area contributed by atoms with Crippen molar-refractivity contribution in [3.8, 4) is 22.6 Å². The van der Waals surface area contributed by atoms with Crippen molar-refractivity contribution in [2.45, 2.75) is 40.2 Å². The minimum Gasteiger partial charge on any atom is -0.462 e. The van der Waals surface area contributed by atoms with Crippen LogP contribution in [0.15, 0.2) is 48.5 Å². The number of carbonyl (C=O) groups excluding carboxylic acids is 1. The number of para-hydroxylation sites is 1. The number of fused-ring (bicyclic) bond motifs is 1. The normalized spacial score (nSPS) is 14.6. The van der Waals surface area contributed by atoms with Crippen LogP contribution < -0.4 is 10.2 Å². The Morgan fingerprint density at radius 3 is 2.61 bits per heavy atom. The zero-order chi connectivity index (χ0) is 25.2. The van der Waals surface area contributed by atoms with E-state index in [4.69, 9.17) is 9.47 Å². The number of aromatic amines is 1. The van der Waals surface area contributed by atoms with Crippen LogP contribution in [-0.2, 0) is 22.6 Å². The highest BCUT2D eigenvalue weighted by Crippen LogP contribution is 2.40. The van der Waals surface area contributed by atoms with Crippen LogP contribution in [0.3, 0.4) is 0 Å². The van der Waals surface area contributed by atoms with Crippen molar-refractivity contribution in [2.75, 3.05) is 23.9 Å². The lowest BCUT2D eigenvalue weighted by Gasteiger charge is -2.26. The summed E-state index contributed by atoms with van der Waals surface area (Å²) in [6, 6.07) is 16.1. The fourth-order valence-corrected chi connectivity index (χ4v) is 4.83. The first kappa shape index (κ1) is 23.6. The average Bonchev–Trinajstić information content (AvgIpc) is 3.62. The van der Waals surface area contributed by atoms with Gasteiger partial charge in [-0.05, 0) is 60.5 Å². The maximum Gasteiger partial charge on any atom is 0.340 e. The minimum atomic E-state index is -0.402. The van der Waals surface area contributed by atoms with E-state index in [0.29, 0.717) is 24.5 Å². The SMILES string of the molecule is CCOC(=O)c1cccc2c1N(Cc1ccc(-c3c(-c4nnn[nH]4)cc(C)n3CC)cc1)C(OC)N2. The van der Waals surface area contributed by atoms with Crippen molar-refractivity contribution < 1.29 is 14.3 Å². The van der Waals surface area contributed by atoms with Crippen molar-refractivity contribution in [1.29, 1.82) is 0 Å². The number of hydrogen-bond donors (Lipinski definition) is 2. The summed E-state index contributed by atoms with van der Waals surface area (Å²) >= 11 is 0. The first-order valence-corrected chi connectivity index (χ1v) is 11.9. The summed E-state index contributed by atoms with van der Waals surface area (Å²) in [6.07, 6.45) is -0.402. The first-order chi connectivity index (χ1) is 17.5. The van der Waals surface area contributed by atoms with Gasteiger partial charge in [0.1, 0.15) is 0 Å². The standard InChI is InChI=1S/C26H29N7O3/c1-5-32-16(3)14-20(24-28-30-31-29-24)22(32)18-12-10-17(11-13-18)15-33-23-19(25(34)36-6-2)8-7-9-21(23)27-26(33)35-4/h7-14,26-27H,5-6,15H2,1-4H3,(H,28,29,30,31). The quantitative estimate of drug-likeness (QED) is 0.356. The van der Waals surface area contributed by atoms with Crippen LogP contribution in [-0.4, -0.2) is 51.2 Å². The number of rotatable bonds is 8. The highest BCUT2D eigenvalue weighted by atomic mass is 16.5. The Bertz CT molecular complexity index is 1360. The largest absolute Gasteiger partial charge is 0.462 e. The van der Waals surface area contributed by atoms with Crippen LogP contribution in [0, 0.1) is 6.92 Å². The Balaban J connectivity index is 1.48. The lowest BCUT2D eigenvalue weighted by molar-refractivity contribution is 0.0526. The second-order valence-corrected chi connectivity index (χ2v) is 8.52. The first-order valence-electron chi connectivity index (χ1n) is 11.9. The van der Waals surface area contributed by atoms with Crippen LogP contribution in [0.5, 0.6) is 0 Å². The van der Waals surface area contributed by atoms with Gasteiger partial charge in [-0.3, -0.25) is 0 Å². The topological polar surface area (TPSA) is 110 Å². The van der Waals surface area contributed by atoms with Gasteiger partial charge in [0.2, 0.25) is 6.35 Å². The molecule has 4 aromatic rings. The minimum absolute atomic E-state index is 0.316. The number of ether oxygens (including phenoxy) is 2. The molecule has 0 aliphatic carbocycles. The van der Waals surface area contributed by atoms with Crippen LogP contribution in [0.2, 0.25) is 0 Å². The van der Waals surface area contributed by atoms with E-state index in [2.05, 4.69) is 74.7 Å². The number of aromatic nitrogens is 5. The van der Waals surface area contributed by atoms with Gasteiger partial charge < -0.3 is 24.3 Å². The smallest absolute Gasteiger partial charge is 0.340 e. The summed E-state index contributed by atoms with van der Waals surface area (Å²) in [5, 5.41) is 17.8. The van der Waals surface area contributed by atoms with Crippen molar-refractivity contribution >= 4 is 17.3 Å². The van der Waals surface area contributed by atoms with Gasteiger partial charge in [0.05, 0.1) is 29.2 Å². The Morgan fingerprint density at radius 2 is 1.94 bits per heavy atom. The average molecular weight is 488 g/mol. The molecule has 2 aromatic carbocycles. The summed E-state index contributed by atoms with van der Waals surface area (Å²) in [5.41, 5.74) is 7.43.